The fraction of sp³-hybridized carbons (Fsp3) is 0.133. The van der Waals surface area contributed by atoms with Crippen molar-refractivity contribution >= 4 is 33.9 Å². The van der Waals surface area contributed by atoms with Crippen molar-refractivity contribution in [1.82, 2.24) is 35.7 Å². The number of nitrogens with two attached hydrogens (primary N) is 1. The highest BCUT2D eigenvalue weighted by atomic mass is 19.1. The maximum absolute atomic E-state index is 13.8. The van der Waals surface area contributed by atoms with Gasteiger partial charge in [-0.15, -0.1) is 0 Å². The zero-order valence-electron chi connectivity index (χ0n) is 23.2. The van der Waals surface area contributed by atoms with Crippen LogP contribution in [0.15, 0.2) is 85.2 Å². The van der Waals surface area contributed by atoms with Gasteiger partial charge < -0.3 is 16.6 Å². The number of primary amides is 1. The van der Waals surface area contributed by atoms with Crippen molar-refractivity contribution in [3.63, 3.8) is 0 Å². The molecule has 43 heavy (non-hydrogen) atoms. The Morgan fingerprint density at radius 2 is 1.21 bits per heavy atom. The first-order valence-electron chi connectivity index (χ1n) is 12.9. The molecule has 0 bridgehead atoms. The van der Waals surface area contributed by atoms with E-state index in [2.05, 4.69) is 20.2 Å². The molecule has 2 aromatic carbocycles. The van der Waals surface area contributed by atoms with Crippen molar-refractivity contribution in [2.75, 3.05) is 6.61 Å². The van der Waals surface area contributed by atoms with Gasteiger partial charge in [-0.25, -0.2) is 32.9 Å². The number of hydrogen-bond acceptors (Lipinski definition) is 8. The monoisotopic (exact) mass is 586 g/mol. The van der Waals surface area contributed by atoms with E-state index in [4.69, 9.17) is 10.5 Å². The number of ether oxygens (including phenoxy) is 1. The van der Waals surface area contributed by atoms with Crippen LogP contribution in [0.5, 0.6) is 0 Å². The summed E-state index contributed by atoms with van der Waals surface area (Å²) in [7, 11) is 0. The zero-order valence-corrected chi connectivity index (χ0v) is 23.2. The van der Waals surface area contributed by atoms with Gasteiger partial charge in [0, 0.05) is 23.5 Å². The third kappa shape index (κ3) is 6.52. The quantitative estimate of drug-likeness (QED) is 0.255. The summed E-state index contributed by atoms with van der Waals surface area (Å²) in [5, 5.41) is 9.56. The summed E-state index contributed by atoms with van der Waals surface area (Å²) in [5.41, 5.74) is 7.62. The van der Waals surface area contributed by atoms with Crippen LogP contribution in [0, 0.1) is 11.6 Å². The molecule has 6 rings (SSSR count). The van der Waals surface area contributed by atoms with Gasteiger partial charge in [0.2, 0.25) is 0 Å². The minimum atomic E-state index is -0.629. The molecule has 0 saturated heterocycles. The topological polar surface area (TPSA) is 166 Å². The predicted octanol–water partition coefficient (Wildman–Crippen LogP) is 4.68. The van der Waals surface area contributed by atoms with E-state index in [9.17, 15) is 18.4 Å². The lowest BCUT2D eigenvalue weighted by Crippen LogP contribution is -2.13. The van der Waals surface area contributed by atoms with Crippen LogP contribution in [0.1, 0.15) is 39.0 Å². The number of esters is 1. The number of pyridine rings is 2. The first-order valence-corrected chi connectivity index (χ1v) is 12.9. The Morgan fingerprint density at radius 1 is 0.744 bits per heavy atom. The van der Waals surface area contributed by atoms with Gasteiger partial charge in [0.1, 0.15) is 11.6 Å². The van der Waals surface area contributed by atoms with Gasteiger partial charge in [0.25, 0.3) is 5.91 Å². The molecule has 0 radical (unpaired) electrons. The van der Waals surface area contributed by atoms with Crippen LogP contribution in [0.25, 0.3) is 22.1 Å². The van der Waals surface area contributed by atoms with Gasteiger partial charge >= 0.3 is 5.97 Å². The number of hydrogen-bond donors (Lipinski definition) is 2. The van der Waals surface area contributed by atoms with Crippen molar-refractivity contribution in [1.29, 1.82) is 0 Å². The fourth-order valence-corrected chi connectivity index (χ4v) is 4.35. The summed E-state index contributed by atoms with van der Waals surface area (Å²) in [6, 6.07) is 19.7. The van der Waals surface area contributed by atoms with E-state index < -0.39 is 11.9 Å². The number of halogens is 2. The molecule has 11 nitrogen and oxygen atoms in total. The Labute approximate surface area is 244 Å². The summed E-state index contributed by atoms with van der Waals surface area (Å²) in [6.07, 6.45) is 3.20. The van der Waals surface area contributed by atoms with E-state index in [1.54, 1.807) is 80.0 Å². The van der Waals surface area contributed by atoms with Gasteiger partial charge in [-0.05, 0) is 43.3 Å². The summed E-state index contributed by atoms with van der Waals surface area (Å²) < 4.78 is 35.5. The number of benzene rings is 2. The Balaban J connectivity index is 0.000000193. The van der Waals surface area contributed by atoms with Crippen LogP contribution in [0.4, 0.5) is 8.78 Å². The average molecular weight is 587 g/mol. The number of carbonyl (C=O) groups excluding carboxylic acids is 2. The largest absolute Gasteiger partial charge is 0.461 e. The highest BCUT2D eigenvalue weighted by Gasteiger charge is 2.20. The maximum atomic E-state index is 13.8. The molecular formula is C30H28F2N8O3. The van der Waals surface area contributed by atoms with E-state index in [1.165, 1.54) is 21.5 Å². The number of carbonyl (C=O) groups is 2. The van der Waals surface area contributed by atoms with Crippen molar-refractivity contribution in [2.45, 2.75) is 20.0 Å². The Morgan fingerprint density at radius 3 is 1.67 bits per heavy atom. The van der Waals surface area contributed by atoms with E-state index in [1.807, 2.05) is 0 Å². The van der Waals surface area contributed by atoms with Crippen molar-refractivity contribution < 1.29 is 23.1 Å². The minimum absolute atomic E-state index is 0. The molecule has 13 heteroatoms. The van der Waals surface area contributed by atoms with Crippen molar-refractivity contribution in [3.8, 4) is 0 Å². The fourth-order valence-electron chi connectivity index (χ4n) is 4.35. The SMILES string of the molecule is CCOC(=O)c1nn(Cc2ccccc2F)c2ncccc12.N.NC(=O)c1nn(Cc2ccccc2F)c2ncccc12. The molecular weight excluding hydrogens is 558 g/mol. The van der Waals surface area contributed by atoms with Crippen LogP contribution in [0.3, 0.4) is 0 Å². The Hall–Kier alpha value is -5.56. The third-order valence-corrected chi connectivity index (χ3v) is 6.27. The molecule has 0 aliphatic rings. The second-order valence-corrected chi connectivity index (χ2v) is 9.03. The maximum Gasteiger partial charge on any atom is 0.359 e. The summed E-state index contributed by atoms with van der Waals surface area (Å²) in [6.45, 7) is 2.38. The number of fused-ring (bicyclic) bond motifs is 2. The standard InChI is InChI=1S/C16H14FN3O2.C14H11FN4O.H3N/c1-2-22-16(21)14-12-7-5-9-18-15(12)20(19-14)10-11-6-3-4-8-13(11)17;15-11-6-2-1-4-9(11)8-19-14-10(5-3-7-17-14)12(18-19)13(16)20;/h3-9H,2,10H2,1H3;1-7H,8H2,(H2,16,20);1H3. The molecule has 0 saturated carbocycles. The van der Waals surface area contributed by atoms with E-state index >= 15 is 0 Å². The minimum Gasteiger partial charge on any atom is -0.461 e. The van der Waals surface area contributed by atoms with Crippen LogP contribution >= 0.6 is 0 Å². The van der Waals surface area contributed by atoms with E-state index in [-0.39, 0.29) is 48.9 Å². The van der Waals surface area contributed by atoms with E-state index in [0.717, 1.165) is 0 Å². The number of nitrogens with zero attached hydrogens (tertiary/aromatic N) is 6. The van der Waals surface area contributed by atoms with Gasteiger partial charge in [-0.3, -0.25) is 4.79 Å². The molecule has 0 aliphatic carbocycles. The second-order valence-electron chi connectivity index (χ2n) is 9.03. The van der Waals surface area contributed by atoms with Gasteiger partial charge in [0.05, 0.1) is 30.5 Å². The summed E-state index contributed by atoms with van der Waals surface area (Å²) >= 11 is 0. The molecule has 4 heterocycles. The molecule has 220 valence electrons. The van der Waals surface area contributed by atoms with Gasteiger partial charge in [0.15, 0.2) is 22.7 Å². The zero-order chi connectivity index (χ0) is 29.6. The summed E-state index contributed by atoms with van der Waals surface area (Å²) in [4.78, 5) is 31.8. The number of amides is 1. The van der Waals surface area contributed by atoms with Crippen LogP contribution in [-0.4, -0.2) is 48.0 Å². The van der Waals surface area contributed by atoms with Crippen LogP contribution in [0.2, 0.25) is 0 Å². The number of aromatic nitrogens is 6. The lowest BCUT2D eigenvalue weighted by Gasteiger charge is -2.04. The summed E-state index contributed by atoms with van der Waals surface area (Å²) in [5.74, 6) is -1.78. The Bertz CT molecular complexity index is 1900. The molecule has 4 aromatic heterocycles. The number of rotatable bonds is 7. The second kappa shape index (κ2) is 13.4. The average Bonchev–Trinajstić information content (AvgIpc) is 3.55. The highest BCUT2D eigenvalue weighted by molar-refractivity contribution is 6.03. The first-order chi connectivity index (χ1) is 20.4. The molecule has 0 fully saturated rings. The van der Waals surface area contributed by atoms with Gasteiger partial charge in [-0.2, -0.15) is 10.2 Å². The third-order valence-electron chi connectivity index (χ3n) is 6.27. The van der Waals surface area contributed by atoms with Crippen molar-refractivity contribution in [2.24, 2.45) is 5.73 Å². The van der Waals surface area contributed by atoms with Crippen LogP contribution < -0.4 is 11.9 Å². The first kappa shape index (κ1) is 30.4. The molecule has 0 aliphatic heterocycles. The smallest absolute Gasteiger partial charge is 0.359 e. The lowest BCUT2D eigenvalue weighted by molar-refractivity contribution is 0.0520. The van der Waals surface area contributed by atoms with Crippen molar-refractivity contribution in [3.05, 3.63) is 119 Å². The molecule has 0 spiro atoms. The normalized spacial score (nSPS) is 10.6. The molecule has 0 atom stereocenters. The van der Waals surface area contributed by atoms with E-state index in [0.29, 0.717) is 33.2 Å². The molecule has 6 aromatic rings. The molecule has 5 N–H and O–H groups in total. The highest BCUT2D eigenvalue weighted by Crippen LogP contribution is 2.20. The molecule has 0 unspecified atom stereocenters. The van der Waals surface area contributed by atoms with Gasteiger partial charge in [-0.1, -0.05) is 36.4 Å². The van der Waals surface area contributed by atoms with Crippen LogP contribution in [-0.2, 0) is 17.8 Å². The predicted molar refractivity (Wildman–Crippen MR) is 156 cm³/mol. The lowest BCUT2D eigenvalue weighted by atomic mass is 10.2. The Kier molecular flexibility index (Phi) is 9.47. The molecule has 1 amide bonds.